The molecule has 1 fully saturated rings. The fourth-order valence-corrected chi connectivity index (χ4v) is 2.61. The van der Waals surface area contributed by atoms with Crippen molar-refractivity contribution in [3.8, 4) is 0 Å². The molecule has 16 heavy (non-hydrogen) atoms. The normalized spacial score (nSPS) is 18.8. The van der Waals surface area contributed by atoms with Crippen molar-refractivity contribution in [1.82, 2.24) is 10.2 Å². The summed E-state index contributed by atoms with van der Waals surface area (Å²) in [6.45, 7) is 1.57. The van der Waals surface area contributed by atoms with E-state index in [2.05, 4.69) is 10.2 Å². The largest absolute Gasteiger partial charge is 0.412 e. The van der Waals surface area contributed by atoms with Crippen LogP contribution in [-0.2, 0) is 9.84 Å². The molecule has 0 aliphatic heterocycles. The minimum absolute atomic E-state index is 0.000694. The Morgan fingerprint density at radius 1 is 1.25 bits per heavy atom. The lowest BCUT2D eigenvalue weighted by atomic mass is 9.89. The summed E-state index contributed by atoms with van der Waals surface area (Å²) in [5.74, 6) is 0.744. The predicted octanol–water partition coefficient (Wildman–Crippen LogP) is 1.91. The second-order valence-electron chi connectivity index (χ2n) is 4.14. The molecule has 1 aliphatic carbocycles. The summed E-state index contributed by atoms with van der Waals surface area (Å²) in [7, 11) is -3.36. The van der Waals surface area contributed by atoms with Crippen molar-refractivity contribution in [2.24, 2.45) is 0 Å². The van der Waals surface area contributed by atoms with Crippen molar-refractivity contribution in [2.75, 3.05) is 5.75 Å². The van der Waals surface area contributed by atoms with Crippen LogP contribution in [0.25, 0.3) is 0 Å². The van der Waals surface area contributed by atoms with Gasteiger partial charge in [-0.05, 0) is 12.8 Å². The lowest BCUT2D eigenvalue weighted by molar-refractivity contribution is 0.329. The molecule has 1 aliphatic rings. The van der Waals surface area contributed by atoms with E-state index in [1.807, 2.05) is 0 Å². The van der Waals surface area contributed by atoms with Crippen LogP contribution < -0.4 is 0 Å². The molecule has 0 radical (unpaired) electrons. The molecule has 6 heteroatoms. The molecule has 0 aromatic carbocycles. The quantitative estimate of drug-likeness (QED) is 0.812. The molecule has 1 saturated carbocycles. The zero-order chi connectivity index (χ0) is 11.6. The van der Waals surface area contributed by atoms with Crippen molar-refractivity contribution in [2.45, 2.75) is 50.2 Å². The Hall–Kier alpha value is -0.910. The van der Waals surface area contributed by atoms with E-state index in [9.17, 15) is 8.42 Å². The van der Waals surface area contributed by atoms with Crippen molar-refractivity contribution in [1.29, 1.82) is 0 Å². The summed E-state index contributed by atoms with van der Waals surface area (Å²) < 4.78 is 28.3. The maximum atomic E-state index is 11.5. The van der Waals surface area contributed by atoms with Gasteiger partial charge in [-0.2, -0.15) is 0 Å². The van der Waals surface area contributed by atoms with E-state index < -0.39 is 9.84 Å². The second kappa shape index (κ2) is 4.53. The summed E-state index contributed by atoms with van der Waals surface area (Å²) in [6.07, 6.45) is 5.60. The van der Waals surface area contributed by atoms with Crippen LogP contribution in [0, 0.1) is 0 Å². The van der Waals surface area contributed by atoms with E-state index in [0.29, 0.717) is 5.89 Å². The first-order valence-electron chi connectivity index (χ1n) is 5.69. The average molecular weight is 244 g/mol. The van der Waals surface area contributed by atoms with Crippen molar-refractivity contribution in [3.63, 3.8) is 0 Å². The van der Waals surface area contributed by atoms with E-state index in [4.69, 9.17) is 4.42 Å². The molecular weight excluding hydrogens is 228 g/mol. The summed E-state index contributed by atoms with van der Waals surface area (Å²) >= 11 is 0. The van der Waals surface area contributed by atoms with Gasteiger partial charge in [0.2, 0.25) is 15.7 Å². The van der Waals surface area contributed by atoms with E-state index in [0.717, 1.165) is 25.7 Å². The molecular formula is C10H16N2O3S. The van der Waals surface area contributed by atoms with Gasteiger partial charge in [0.15, 0.2) is 0 Å². The highest BCUT2D eigenvalue weighted by Crippen LogP contribution is 2.32. The van der Waals surface area contributed by atoms with Crippen LogP contribution in [0.2, 0.25) is 0 Å². The van der Waals surface area contributed by atoms with E-state index in [1.165, 1.54) is 6.42 Å². The SMILES string of the molecule is CCS(=O)(=O)c1nnc(C2CCCCC2)o1. The third-order valence-electron chi connectivity index (χ3n) is 3.02. The summed E-state index contributed by atoms with van der Waals surface area (Å²) in [6, 6.07) is 0. The summed E-state index contributed by atoms with van der Waals surface area (Å²) in [4.78, 5) is 0. The van der Waals surface area contributed by atoms with Crippen molar-refractivity contribution in [3.05, 3.63) is 5.89 Å². The highest BCUT2D eigenvalue weighted by molar-refractivity contribution is 7.91. The van der Waals surface area contributed by atoms with Crippen LogP contribution >= 0.6 is 0 Å². The standard InChI is InChI=1S/C10H16N2O3S/c1-2-16(13,14)10-12-11-9(15-10)8-6-4-3-5-7-8/h8H,2-7H2,1H3. The third kappa shape index (κ3) is 2.26. The first kappa shape index (κ1) is 11.6. The number of nitrogens with zero attached hydrogens (tertiary/aromatic N) is 2. The van der Waals surface area contributed by atoms with Crippen molar-refractivity contribution < 1.29 is 12.8 Å². The maximum Gasteiger partial charge on any atom is 0.335 e. The fourth-order valence-electron chi connectivity index (χ4n) is 1.98. The Morgan fingerprint density at radius 2 is 1.94 bits per heavy atom. The van der Waals surface area contributed by atoms with Gasteiger partial charge in [0.05, 0.1) is 5.75 Å². The first-order valence-corrected chi connectivity index (χ1v) is 7.35. The number of sulfone groups is 1. The van der Waals surface area contributed by atoms with Crippen LogP contribution in [0.4, 0.5) is 0 Å². The van der Waals surface area contributed by atoms with Crippen LogP contribution in [0.15, 0.2) is 9.64 Å². The zero-order valence-corrected chi connectivity index (χ0v) is 10.2. The van der Waals surface area contributed by atoms with Crippen LogP contribution in [0.3, 0.4) is 0 Å². The molecule has 1 heterocycles. The number of rotatable bonds is 3. The molecule has 0 saturated heterocycles. The molecule has 5 nitrogen and oxygen atoms in total. The topological polar surface area (TPSA) is 73.1 Å². The fraction of sp³-hybridized carbons (Fsp3) is 0.800. The summed E-state index contributed by atoms with van der Waals surface area (Å²) in [5, 5.41) is 7.26. The molecule has 0 N–H and O–H groups in total. The minimum Gasteiger partial charge on any atom is -0.412 e. The van der Waals surface area contributed by atoms with Crippen molar-refractivity contribution >= 4 is 9.84 Å². The Balaban J connectivity index is 2.19. The summed E-state index contributed by atoms with van der Waals surface area (Å²) in [5.41, 5.74) is 0. The first-order chi connectivity index (χ1) is 7.63. The van der Waals surface area contributed by atoms with Crippen LogP contribution in [0.1, 0.15) is 50.8 Å². The van der Waals surface area contributed by atoms with E-state index in [-0.39, 0.29) is 16.9 Å². The molecule has 0 unspecified atom stereocenters. The lowest BCUT2D eigenvalue weighted by Crippen LogP contribution is -2.05. The number of hydrogen-bond acceptors (Lipinski definition) is 5. The Kier molecular flexibility index (Phi) is 3.28. The minimum atomic E-state index is -3.36. The van der Waals surface area contributed by atoms with Gasteiger partial charge in [0.25, 0.3) is 0 Å². The van der Waals surface area contributed by atoms with Gasteiger partial charge in [-0.1, -0.05) is 31.3 Å². The lowest BCUT2D eigenvalue weighted by Gasteiger charge is -2.17. The molecule has 0 bridgehead atoms. The molecule has 0 atom stereocenters. The maximum absolute atomic E-state index is 11.5. The van der Waals surface area contributed by atoms with Crippen LogP contribution in [-0.4, -0.2) is 24.4 Å². The Labute approximate surface area is 95.2 Å². The van der Waals surface area contributed by atoms with Gasteiger partial charge in [-0.15, -0.1) is 5.10 Å². The molecule has 0 amide bonds. The average Bonchev–Trinajstić information content (AvgIpc) is 2.80. The van der Waals surface area contributed by atoms with Gasteiger partial charge < -0.3 is 4.42 Å². The Bertz CT molecular complexity index is 446. The van der Waals surface area contributed by atoms with Crippen LogP contribution in [0.5, 0.6) is 0 Å². The zero-order valence-electron chi connectivity index (χ0n) is 9.35. The van der Waals surface area contributed by atoms with Gasteiger partial charge in [-0.3, -0.25) is 0 Å². The van der Waals surface area contributed by atoms with E-state index in [1.54, 1.807) is 6.92 Å². The highest BCUT2D eigenvalue weighted by atomic mass is 32.2. The molecule has 1 aromatic rings. The molecule has 0 spiro atoms. The second-order valence-corrected chi connectivity index (χ2v) is 6.30. The molecule has 1 aromatic heterocycles. The smallest absolute Gasteiger partial charge is 0.335 e. The van der Waals surface area contributed by atoms with E-state index >= 15 is 0 Å². The highest BCUT2D eigenvalue weighted by Gasteiger charge is 2.25. The molecule has 90 valence electrons. The number of aromatic nitrogens is 2. The Morgan fingerprint density at radius 3 is 2.56 bits per heavy atom. The monoisotopic (exact) mass is 244 g/mol. The van der Waals surface area contributed by atoms with Gasteiger partial charge in [0.1, 0.15) is 0 Å². The van der Waals surface area contributed by atoms with Gasteiger partial charge >= 0.3 is 5.22 Å². The molecule has 2 rings (SSSR count). The predicted molar refractivity (Wildman–Crippen MR) is 57.9 cm³/mol. The number of hydrogen-bond donors (Lipinski definition) is 0. The van der Waals surface area contributed by atoms with Gasteiger partial charge in [0, 0.05) is 5.92 Å². The third-order valence-corrected chi connectivity index (χ3v) is 4.48. The van der Waals surface area contributed by atoms with Gasteiger partial charge in [-0.25, -0.2) is 8.42 Å².